The van der Waals surface area contributed by atoms with Gasteiger partial charge in [0, 0.05) is 38.9 Å². The Morgan fingerprint density at radius 3 is 2.81 bits per heavy atom. The van der Waals surface area contributed by atoms with Crippen molar-refractivity contribution in [1.82, 2.24) is 4.98 Å². The van der Waals surface area contributed by atoms with Crippen molar-refractivity contribution in [3.05, 3.63) is 64.3 Å². The number of nitrogen functional groups attached to an aromatic ring is 1. The van der Waals surface area contributed by atoms with E-state index in [4.69, 9.17) is 17.3 Å². The van der Waals surface area contributed by atoms with Crippen molar-refractivity contribution in [1.29, 1.82) is 5.26 Å². The van der Waals surface area contributed by atoms with Crippen LogP contribution in [0.2, 0.25) is 5.02 Å². The van der Waals surface area contributed by atoms with Crippen LogP contribution in [0, 0.1) is 11.3 Å². The van der Waals surface area contributed by atoms with E-state index in [-0.39, 0.29) is 5.78 Å². The molecule has 0 saturated carbocycles. The molecule has 1 heterocycles. The number of nitrogens with one attached hydrogen (secondary N) is 1. The van der Waals surface area contributed by atoms with Gasteiger partial charge in [0.25, 0.3) is 0 Å². The summed E-state index contributed by atoms with van der Waals surface area (Å²) in [7, 11) is 0. The van der Waals surface area contributed by atoms with Gasteiger partial charge in [-0.2, -0.15) is 5.26 Å². The first-order valence-electron chi connectivity index (χ1n) is 6.21. The van der Waals surface area contributed by atoms with Crippen LogP contribution in [0.5, 0.6) is 0 Å². The summed E-state index contributed by atoms with van der Waals surface area (Å²) in [5, 5.41) is 10.2. The zero-order chi connectivity index (χ0) is 15.0. The number of nitrogens with two attached hydrogens (primary N) is 1. The number of hydrogen-bond acceptors (Lipinski definition) is 3. The molecule has 0 bridgehead atoms. The normalized spacial score (nSPS) is 10.5. The van der Waals surface area contributed by atoms with Crippen molar-refractivity contribution in [2.75, 3.05) is 5.73 Å². The molecule has 0 aliphatic rings. The molecule has 3 aromatic rings. The zero-order valence-electron chi connectivity index (χ0n) is 10.9. The number of carbonyl (C=O) groups excluding carboxylic acids is 1. The number of fused-ring (bicyclic) bond motifs is 1. The van der Waals surface area contributed by atoms with E-state index in [1.54, 1.807) is 36.5 Å². The van der Waals surface area contributed by atoms with Gasteiger partial charge in [0.2, 0.25) is 0 Å². The standard InChI is InChI=1S/C16H10ClN3O/c17-11-4-10(5-12(19)6-11)16(21)13-8-20-14-3-1-2-9(7-18)15(13)14/h1-6,8,20H,19H2. The summed E-state index contributed by atoms with van der Waals surface area (Å²) in [6.07, 6.45) is 1.60. The van der Waals surface area contributed by atoms with Crippen LogP contribution < -0.4 is 5.73 Å². The third-order valence-electron chi connectivity index (χ3n) is 3.25. The highest BCUT2D eigenvalue weighted by molar-refractivity contribution is 6.31. The Hall–Kier alpha value is -2.77. The zero-order valence-corrected chi connectivity index (χ0v) is 11.6. The SMILES string of the molecule is N#Cc1cccc2[nH]cc(C(=O)c3cc(N)cc(Cl)c3)c12. The predicted molar refractivity (Wildman–Crippen MR) is 82.3 cm³/mol. The molecule has 0 fully saturated rings. The lowest BCUT2D eigenvalue weighted by molar-refractivity contribution is 0.104. The van der Waals surface area contributed by atoms with Crippen molar-refractivity contribution in [2.45, 2.75) is 0 Å². The largest absolute Gasteiger partial charge is 0.399 e. The quantitative estimate of drug-likeness (QED) is 0.560. The van der Waals surface area contributed by atoms with Gasteiger partial charge in [-0.1, -0.05) is 17.7 Å². The minimum Gasteiger partial charge on any atom is -0.399 e. The van der Waals surface area contributed by atoms with Crippen LogP contribution in [0.4, 0.5) is 5.69 Å². The molecule has 0 radical (unpaired) electrons. The van der Waals surface area contributed by atoms with Crippen LogP contribution in [-0.4, -0.2) is 10.8 Å². The molecule has 1 aromatic heterocycles. The maximum absolute atomic E-state index is 12.7. The van der Waals surface area contributed by atoms with Crippen molar-refractivity contribution < 1.29 is 4.79 Å². The Labute approximate surface area is 125 Å². The molecule has 0 saturated heterocycles. The third kappa shape index (κ3) is 2.24. The summed E-state index contributed by atoms with van der Waals surface area (Å²) in [6.45, 7) is 0. The molecule has 0 unspecified atom stereocenters. The first-order valence-corrected chi connectivity index (χ1v) is 6.59. The van der Waals surface area contributed by atoms with E-state index in [1.807, 2.05) is 6.07 Å². The molecular formula is C16H10ClN3O. The summed E-state index contributed by atoms with van der Waals surface area (Å²) in [6, 6.07) is 12.1. The Bertz CT molecular complexity index is 885. The highest BCUT2D eigenvalue weighted by Gasteiger charge is 2.17. The van der Waals surface area contributed by atoms with Crippen molar-refractivity contribution in [3.8, 4) is 6.07 Å². The monoisotopic (exact) mass is 295 g/mol. The fraction of sp³-hybridized carbons (Fsp3) is 0. The van der Waals surface area contributed by atoms with Gasteiger partial charge in [0.1, 0.15) is 0 Å². The molecule has 102 valence electrons. The summed E-state index contributed by atoms with van der Waals surface area (Å²) in [5.74, 6) is -0.224. The number of carbonyl (C=O) groups is 1. The lowest BCUT2D eigenvalue weighted by Crippen LogP contribution is -2.02. The Balaban J connectivity index is 2.21. The van der Waals surface area contributed by atoms with Crippen molar-refractivity contribution >= 4 is 34.0 Å². The van der Waals surface area contributed by atoms with Crippen LogP contribution >= 0.6 is 11.6 Å². The van der Waals surface area contributed by atoms with E-state index in [2.05, 4.69) is 11.1 Å². The molecule has 2 aromatic carbocycles. The van der Waals surface area contributed by atoms with Crippen LogP contribution in [0.15, 0.2) is 42.6 Å². The summed E-state index contributed by atoms with van der Waals surface area (Å²) in [5.41, 5.74) is 8.17. The average Bonchev–Trinajstić information content (AvgIpc) is 2.89. The number of ketones is 1. The topological polar surface area (TPSA) is 82.7 Å². The number of nitriles is 1. The summed E-state index contributed by atoms with van der Waals surface area (Å²) < 4.78 is 0. The summed E-state index contributed by atoms with van der Waals surface area (Å²) >= 11 is 5.94. The minimum atomic E-state index is -0.224. The maximum atomic E-state index is 12.7. The van der Waals surface area contributed by atoms with E-state index in [1.165, 1.54) is 0 Å². The number of halogens is 1. The Morgan fingerprint density at radius 2 is 2.10 bits per heavy atom. The first-order chi connectivity index (χ1) is 10.1. The molecule has 3 N–H and O–H groups in total. The molecule has 21 heavy (non-hydrogen) atoms. The lowest BCUT2D eigenvalue weighted by atomic mass is 9.99. The number of aromatic amines is 1. The lowest BCUT2D eigenvalue weighted by Gasteiger charge is -2.03. The highest BCUT2D eigenvalue weighted by Crippen LogP contribution is 2.26. The van der Waals surface area contributed by atoms with E-state index in [0.717, 1.165) is 5.52 Å². The first kappa shape index (κ1) is 13.2. The molecular weight excluding hydrogens is 286 g/mol. The number of benzene rings is 2. The molecule has 0 atom stereocenters. The van der Waals surface area contributed by atoms with Crippen molar-refractivity contribution in [2.24, 2.45) is 0 Å². The second kappa shape index (κ2) is 4.97. The van der Waals surface area contributed by atoms with Gasteiger partial charge in [-0.05, 0) is 30.3 Å². The van der Waals surface area contributed by atoms with Gasteiger partial charge in [-0.25, -0.2) is 0 Å². The van der Waals surface area contributed by atoms with E-state index >= 15 is 0 Å². The van der Waals surface area contributed by atoms with E-state index in [0.29, 0.717) is 32.8 Å². The molecule has 0 aliphatic carbocycles. The highest BCUT2D eigenvalue weighted by atomic mass is 35.5. The predicted octanol–water partition coefficient (Wildman–Crippen LogP) is 3.51. The number of H-pyrrole nitrogens is 1. The molecule has 3 rings (SSSR count). The fourth-order valence-electron chi connectivity index (χ4n) is 2.36. The van der Waals surface area contributed by atoms with Gasteiger partial charge in [-0.3, -0.25) is 4.79 Å². The van der Waals surface area contributed by atoms with Gasteiger partial charge in [0.05, 0.1) is 11.6 Å². The van der Waals surface area contributed by atoms with Crippen LogP contribution in [-0.2, 0) is 0 Å². The molecule has 5 heteroatoms. The van der Waals surface area contributed by atoms with Crippen LogP contribution in [0.1, 0.15) is 21.5 Å². The number of hydrogen-bond donors (Lipinski definition) is 2. The second-order valence-corrected chi connectivity index (χ2v) is 5.08. The van der Waals surface area contributed by atoms with Gasteiger partial charge in [-0.15, -0.1) is 0 Å². The number of rotatable bonds is 2. The molecule has 4 nitrogen and oxygen atoms in total. The summed E-state index contributed by atoms with van der Waals surface area (Å²) in [4.78, 5) is 15.7. The second-order valence-electron chi connectivity index (χ2n) is 4.64. The van der Waals surface area contributed by atoms with Gasteiger partial charge >= 0.3 is 0 Å². The smallest absolute Gasteiger partial charge is 0.195 e. The van der Waals surface area contributed by atoms with Crippen molar-refractivity contribution in [3.63, 3.8) is 0 Å². The molecule has 0 aliphatic heterocycles. The third-order valence-corrected chi connectivity index (χ3v) is 3.47. The number of nitrogens with zero attached hydrogens (tertiary/aromatic N) is 1. The Kier molecular flexibility index (Phi) is 3.13. The number of anilines is 1. The fourth-order valence-corrected chi connectivity index (χ4v) is 2.60. The average molecular weight is 296 g/mol. The van der Waals surface area contributed by atoms with Gasteiger partial charge in [0.15, 0.2) is 5.78 Å². The van der Waals surface area contributed by atoms with Crippen LogP contribution in [0.25, 0.3) is 10.9 Å². The van der Waals surface area contributed by atoms with Crippen LogP contribution in [0.3, 0.4) is 0 Å². The maximum Gasteiger partial charge on any atom is 0.195 e. The minimum absolute atomic E-state index is 0.224. The van der Waals surface area contributed by atoms with Gasteiger partial charge < -0.3 is 10.7 Å². The molecule has 0 amide bonds. The van der Waals surface area contributed by atoms with E-state index < -0.39 is 0 Å². The molecule has 0 spiro atoms. The number of aromatic nitrogens is 1. The van der Waals surface area contributed by atoms with E-state index in [9.17, 15) is 10.1 Å². The Morgan fingerprint density at radius 1 is 1.29 bits per heavy atom.